The van der Waals surface area contributed by atoms with Crippen LogP contribution in [0.25, 0.3) is 0 Å². The second kappa shape index (κ2) is 6.36. The Labute approximate surface area is 126 Å². The quantitative estimate of drug-likeness (QED) is 0.686. The zero-order valence-electron chi connectivity index (χ0n) is 11.1. The van der Waals surface area contributed by atoms with E-state index in [-0.39, 0.29) is 5.91 Å². The highest BCUT2D eigenvalue weighted by Gasteiger charge is 2.15. The van der Waals surface area contributed by atoms with Gasteiger partial charge in [-0.3, -0.25) is 9.48 Å². The lowest BCUT2D eigenvalue weighted by Gasteiger charge is -2.05. The number of amidine groups is 1. The summed E-state index contributed by atoms with van der Waals surface area (Å²) < 4.78 is 1.85. The number of benzene rings is 1. The molecule has 0 spiro atoms. The van der Waals surface area contributed by atoms with Crippen LogP contribution < -0.4 is 5.32 Å². The van der Waals surface area contributed by atoms with Crippen LogP contribution in [-0.2, 0) is 11.3 Å². The molecule has 2 aromatic rings. The van der Waals surface area contributed by atoms with E-state index in [1.807, 2.05) is 41.2 Å². The molecule has 1 amide bonds. The fourth-order valence-electron chi connectivity index (χ4n) is 1.90. The number of nitrogens with zero attached hydrogens (tertiary/aromatic N) is 4. The summed E-state index contributed by atoms with van der Waals surface area (Å²) >= 11 is 1.36. The molecule has 1 aliphatic rings. The first kappa shape index (κ1) is 13.6. The van der Waals surface area contributed by atoms with E-state index in [4.69, 9.17) is 0 Å². The molecule has 3 rings (SSSR count). The maximum absolute atomic E-state index is 11.0. The lowest BCUT2D eigenvalue weighted by Crippen LogP contribution is -2.19. The van der Waals surface area contributed by atoms with E-state index < -0.39 is 0 Å². The normalized spacial score (nSPS) is 16.8. The highest BCUT2D eigenvalue weighted by atomic mass is 32.2. The molecule has 21 heavy (non-hydrogen) atoms. The second-order valence-corrected chi connectivity index (χ2v) is 5.35. The van der Waals surface area contributed by atoms with Crippen LogP contribution in [0.15, 0.2) is 52.9 Å². The Morgan fingerprint density at radius 2 is 2.29 bits per heavy atom. The van der Waals surface area contributed by atoms with E-state index in [1.54, 1.807) is 12.4 Å². The minimum Gasteiger partial charge on any atom is -0.303 e. The van der Waals surface area contributed by atoms with Gasteiger partial charge in [-0.05, 0) is 17.2 Å². The Morgan fingerprint density at radius 3 is 3.05 bits per heavy atom. The number of thioether (sulfide) groups is 1. The van der Waals surface area contributed by atoms with Gasteiger partial charge in [0, 0.05) is 12.4 Å². The van der Waals surface area contributed by atoms with Crippen LogP contribution in [-0.4, -0.2) is 32.8 Å². The SMILES string of the molecule is O=C1CSC(=NN=Cc2ccccc2Cn2cccn2)N1. The molecule has 0 unspecified atom stereocenters. The number of amides is 1. The van der Waals surface area contributed by atoms with Crippen molar-refractivity contribution in [2.75, 3.05) is 5.75 Å². The minimum absolute atomic E-state index is 0.0342. The van der Waals surface area contributed by atoms with E-state index in [2.05, 4.69) is 20.6 Å². The first-order valence-corrected chi connectivity index (χ1v) is 7.39. The molecule has 1 fully saturated rings. The Hall–Kier alpha value is -2.41. The standard InChI is InChI=1S/C14H13N5OS/c20-13-10-21-14(17-13)18-15-8-11-4-1-2-5-12(11)9-19-7-3-6-16-19/h1-8H,9-10H2,(H,17,18,20). The van der Waals surface area contributed by atoms with Crippen molar-refractivity contribution >= 4 is 29.1 Å². The molecule has 0 atom stereocenters. The highest BCUT2D eigenvalue weighted by molar-refractivity contribution is 8.15. The molecule has 0 radical (unpaired) electrons. The van der Waals surface area contributed by atoms with Gasteiger partial charge in [-0.15, -0.1) is 5.10 Å². The molecule has 0 bridgehead atoms. The lowest BCUT2D eigenvalue weighted by atomic mass is 10.1. The van der Waals surface area contributed by atoms with Gasteiger partial charge in [-0.25, -0.2) is 0 Å². The van der Waals surface area contributed by atoms with E-state index >= 15 is 0 Å². The molecule has 7 heteroatoms. The Bertz CT molecular complexity index is 693. The molecule has 0 saturated carbocycles. The average Bonchev–Trinajstić information content (AvgIpc) is 3.13. The molecule has 0 aliphatic carbocycles. The highest BCUT2D eigenvalue weighted by Crippen LogP contribution is 2.10. The number of aromatic nitrogens is 2. The van der Waals surface area contributed by atoms with Crippen molar-refractivity contribution < 1.29 is 4.79 Å². The van der Waals surface area contributed by atoms with Crippen LogP contribution in [0.3, 0.4) is 0 Å². The molecular formula is C14H13N5OS. The van der Waals surface area contributed by atoms with E-state index in [0.717, 1.165) is 11.1 Å². The number of hydrogen-bond acceptors (Lipinski definition) is 5. The monoisotopic (exact) mass is 299 g/mol. The van der Waals surface area contributed by atoms with Crippen LogP contribution in [0.1, 0.15) is 11.1 Å². The predicted molar refractivity (Wildman–Crippen MR) is 83.4 cm³/mol. The Balaban J connectivity index is 1.74. The van der Waals surface area contributed by atoms with Gasteiger partial charge < -0.3 is 5.32 Å². The number of hydrogen-bond donors (Lipinski definition) is 1. The fraction of sp³-hybridized carbons (Fsp3) is 0.143. The summed E-state index contributed by atoms with van der Waals surface area (Å²) in [6, 6.07) is 9.83. The maximum atomic E-state index is 11.0. The first-order chi connectivity index (χ1) is 10.3. The van der Waals surface area contributed by atoms with E-state index in [9.17, 15) is 4.79 Å². The van der Waals surface area contributed by atoms with Crippen molar-refractivity contribution in [2.45, 2.75) is 6.54 Å². The van der Waals surface area contributed by atoms with Crippen LogP contribution in [0.5, 0.6) is 0 Å². The molecule has 2 heterocycles. The van der Waals surface area contributed by atoms with Crippen LogP contribution >= 0.6 is 11.8 Å². The maximum Gasteiger partial charge on any atom is 0.236 e. The van der Waals surface area contributed by atoms with Crippen molar-refractivity contribution in [3.05, 3.63) is 53.9 Å². The molecule has 106 valence electrons. The number of carbonyl (C=O) groups excluding carboxylic acids is 1. The summed E-state index contributed by atoms with van der Waals surface area (Å²) in [5.41, 5.74) is 2.08. The van der Waals surface area contributed by atoms with Crippen LogP contribution in [0, 0.1) is 0 Å². The topological polar surface area (TPSA) is 71.6 Å². The molecule has 1 saturated heterocycles. The van der Waals surface area contributed by atoms with Gasteiger partial charge in [0.2, 0.25) is 5.91 Å². The summed E-state index contributed by atoms with van der Waals surface area (Å²) in [4.78, 5) is 11.0. The largest absolute Gasteiger partial charge is 0.303 e. The average molecular weight is 299 g/mol. The van der Waals surface area contributed by atoms with E-state index in [1.165, 1.54) is 11.8 Å². The van der Waals surface area contributed by atoms with Crippen LogP contribution in [0.2, 0.25) is 0 Å². The van der Waals surface area contributed by atoms with Crippen LogP contribution in [0.4, 0.5) is 0 Å². The third-order valence-electron chi connectivity index (χ3n) is 2.88. The lowest BCUT2D eigenvalue weighted by molar-refractivity contribution is -0.116. The summed E-state index contributed by atoms with van der Waals surface area (Å²) in [5, 5.41) is 15.4. The molecular weight excluding hydrogens is 286 g/mol. The van der Waals surface area contributed by atoms with Gasteiger partial charge >= 0.3 is 0 Å². The van der Waals surface area contributed by atoms with E-state index in [0.29, 0.717) is 17.5 Å². The smallest absolute Gasteiger partial charge is 0.236 e. The van der Waals surface area contributed by atoms with Gasteiger partial charge in [0.05, 0.1) is 18.5 Å². The van der Waals surface area contributed by atoms with Gasteiger partial charge in [0.15, 0.2) is 5.17 Å². The third-order valence-corrected chi connectivity index (χ3v) is 3.74. The Morgan fingerprint density at radius 1 is 1.38 bits per heavy atom. The molecule has 1 aromatic heterocycles. The zero-order valence-corrected chi connectivity index (χ0v) is 12.0. The summed E-state index contributed by atoms with van der Waals surface area (Å²) in [7, 11) is 0. The molecule has 6 nitrogen and oxygen atoms in total. The van der Waals surface area contributed by atoms with Crippen molar-refractivity contribution in [2.24, 2.45) is 10.2 Å². The van der Waals surface area contributed by atoms with Gasteiger partial charge in [-0.1, -0.05) is 36.0 Å². The molecule has 1 N–H and O–H groups in total. The third kappa shape index (κ3) is 3.57. The number of rotatable bonds is 4. The minimum atomic E-state index is -0.0342. The van der Waals surface area contributed by atoms with Crippen molar-refractivity contribution in [3.8, 4) is 0 Å². The summed E-state index contributed by atoms with van der Waals surface area (Å²) in [5.74, 6) is 0.373. The van der Waals surface area contributed by atoms with Gasteiger partial charge in [0.1, 0.15) is 0 Å². The molecule has 1 aliphatic heterocycles. The number of carbonyl (C=O) groups is 1. The zero-order chi connectivity index (χ0) is 14.5. The fourth-order valence-corrected chi connectivity index (χ4v) is 2.53. The van der Waals surface area contributed by atoms with Gasteiger partial charge in [0.25, 0.3) is 0 Å². The second-order valence-electron chi connectivity index (χ2n) is 4.39. The predicted octanol–water partition coefficient (Wildman–Crippen LogP) is 1.48. The van der Waals surface area contributed by atoms with Gasteiger partial charge in [-0.2, -0.15) is 10.2 Å². The first-order valence-electron chi connectivity index (χ1n) is 6.40. The summed E-state index contributed by atoms with van der Waals surface area (Å²) in [6.45, 7) is 0.678. The summed E-state index contributed by atoms with van der Waals surface area (Å²) in [6.07, 6.45) is 5.36. The number of nitrogens with one attached hydrogen (secondary N) is 1. The molecule has 1 aromatic carbocycles. The Kier molecular flexibility index (Phi) is 4.11. The van der Waals surface area contributed by atoms with Crippen molar-refractivity contribution in [1.82, 2.24) is 15.1 Å². The van der Waals surface area contributed by atoms with Crippen molar-refractivity contribution in [1.29, 1.82) is 0 Å². The van der Waals surface area contributed by atoms with Crippen molar-refractivity contribution in [3.63, 3.8) is 0 Å².